The molecule has 1 fully saturated rings. The van der Waals surface area contributed by atoms with Crippen LogP contribution in [0.5, 0.6) is 0 Å². The van der Waals surface area contributed by atoms with E-state index in [1.807, 2.05) is 13.8 Å². The van der Waals surface area contributed by atoms with E-state index in [0.29, 0.717) is 38.9 Å². The Morgan fingerprint density at radius 1 is 1.24 bits per heavy atom. The first-order chi connectivity index (χ1) is 9.82. The molecular weight excluding hydrogens is 272 g/mol. The molecule has 0 radical (unpaired) electrons. The summed E-state index contributed by atoms with van der Waals surface area (Å²) in [5.74, 6) is -0.726. The first kappa shape index (κ1) is 17.5. The van der Waals surface area contributed by atoms with Crippen molar-refractivity contribution in [2.75, 3.05) is 19.6 Å². The van der Waals surface area contributed by atoms with Gasteiger partial charge in [-0.15, -0.1) is 0 Å². The van der Waals surface area contributed by atoms with E-state index in [1.54, 1.807) is 16.7 Å². The van der Waals surface area contributed by atoms with E-state index in [1.165, 1.54) is 0 Å². The first-order valence-corrected chi connectivity index (χ1v) is 7.60. The lowest BCUT2D eigenvalue weighted by Crippen LogP contribution is -2.46. The lowest BCUT2D eigenvalue weighted by Gasteiger charge is -2.35. The molecule has 0 unspecified atom stereocenters. The number of carboxylic acid groups (broad SMARTS) is 1. The Balaban J connectivity index is 2.53. The van der Waals surface area contributed by atoms with Crippen molar-refractivity contribution in [3.8, 4) is 0 Å². The molecule has 1 aliphatic heterocycles. The van der Waals surface area contributed by atoms with Crippen LogP contribution in [-0.2, 0) is 14.4 Å². The lowest BCUT2D eigenvalue weighted by atomic mass is 9.94. The van der Waals surface area contributed by atoms with Gasteiger partial charge in [0.15, 0.2) is 0 Å². The normalized spacial score (nSPS) is 16.1. The quantitative estimate of drug-likeness (QED) is 0.803. The number of carbonyl (C=O) groups is 3. The van der Waals surface area contributed by atoms with Crippen LogP contribution in [-0.4, -0.2) is 58.4 Å². The maximum atomic E-state index is 12.6. The summed E-state index contributed by atoms with van der Waals surface area (Å²) >= 11 is 0. The van der Waals surface area contributed by atoms with Gasteiger partial charge in [-0.3, -0.25) is 14.4 Å². The maximum absolute atomic E-state index is 12.6. The number of piperidine rings is 1. The largest absolute Gasteiger partial charge is 0.481 e. The minimum Gasteiger partial charge on any atom is -0.481 e. The molecule has 0 aromatic carbocycles. The van der Waals surface area contributed by atoms with Gasteiger partial charge in [0.1, 0.15) is 0 Å². The highest BCUT2D eigenvalue weighted by Crippen LogP contribution is 2.21. The minimum absolute atomic E-state index is 0.0483. The van der Waals surface area contributed by atoms with Crippen molar-refractivity contribution in [2.45, 2.75) is 52.5 Å². The molecule has 1 saturated heterocycles. The molecule has 0 aliphatic carbocycles. The van der Waals surface area contributed by atoms with E-state index in [-0.39, 0.29) is 30.2 Å². The highest BCUT2D eigenvalue weighted by molar-refractivity contribution is 5.80. The Hall–Kier alpha value is -1.59. The van der Waals surface area contributed by atoms with Gasteiger partial charge in [-0.05, 0) is 33.1 Å². The zero-order valence-electron chi connectivity index (χ0n) is 13.2. The van der Waals surface area contributed by atoms with Crippen molar-refractivity contribution in [2.24, 2.45) is 5.92 Å². The third-order valence-electron chi connectivity index (χ3n) is 3.99. The summed E-state index contributed by atoms with van der Waals surface area (Å²) in [7, 11) is 0. The van der Waals surface area contributed by atoms with Gasteiger partial charge in [0.05, 0.1) is 0 Å². The van der Waals surface area contributed by atoms with E-state index in [2.05, 4.69) is 0 Å². The molecule has 0 aromatic heterocycles. The Morgan fingerprint density at radius 3 is 2.24 bits per heavy atom. The molecule has 0 bridgehead atoms. The van der Waals surface area contributed by atoms with Crippen LogP contribution in [0.3, 0.4) is 0 Å². The summed E-state index contributed by atoms with van der Waals surface area (Å²) in [6.07, 6.45) is 1.95. The van der Waals surface area contributed by atoms with Crippen molar-refractivity contribution >= 4 is 17.8 Å². The molecule has 1 N–H and O–H groups in total. The number of carboxylic acids is 1. The Kier molecular flexibility index (Phi) is 6.65. The van der Waals surface area contributed by atoms with Gasteiger partial charge in [0, 0.05) is 44.9 Å². The van der Waals surface area contributed by atoms with Crippen LogP contribution in [0.25, 0.3) is 0 Å². The molecule has 0 saturated carbocycles. The molecule has 120 valence electrons. The van der Waals surface area contributed by atoms with Crippen LogP contribution in [0.4, 0.5) is 0 Å². The van der Waals surface area contributed by atoms with Gasteiger partial charge < -0.3 is 14.9 Å². The topological polar surface area (TPSA) is 77.9 Å². The number of rotatable bonds is 6. The number of likely N-dealkylation sites (tertiary alicyclic amines) is 1. The molecule has 0 spiro atoms. The standard InChI is InChI=1S/C15H26N2O4/c1-11(2)17(8-4-5-14(19)20)15(21)13-6-9-16(10-7-13)12(3)18/h11,13H,4-10H2,1-3H3,(H,19,20). The van der Waals surface area contributed by atoms with E-state index in [0.717, 1.165) is 0 Å². The predicted molar refractivity (Wildman–Crippen MR) is 78.7 cm³/mol. The number of amides is 2. The second-order valence-electron chi connectivity index (χ2n) is 5.90. The number of carbonyl (C=O) groups excluding carboxylic acids is 2. The van der Waals surface area contributed by atoms with Crippen LogP contribution in [0, 0.1) is 5.92 Å². The Morgan fingerprint density at radius 2 is 1.81 bits per heavy atom. The fourth-order valence-electron chi connectivity index (χ4n) is 2.70. The summed E-state index contributed by atoms with van der Waals surface area (Å²) in [5.41, 5.74) is 0. The van der Waals surface area contributed by atoms with Gasteiger partial charge in [-0.25, -0.2) is 0 Å². The highest BCUT2D eigenvalue weighted by Gasteiger charge is 2.30. The van der Waals surface area contributed by atoms with Crippen molar-refractivity contribution in [3.05, 3.63) is 0 Å². The van der Waals surface area contributed by atoms with Crippen LogP contribution in [0.1, 0.15) is 46.5 Å². The molecule has 2 amide bonds. The second-order valence-corrected chi connectivity index (χ2v) is 5.90. The average molecular weight is 298 g/mol. The zero-order chi connectivity index (χ0) is 16.0. The summed E-state index contributed by atoms with van der Waals surface area (Å²) in [6.45, 7) is 7.19. The van der Waals surface area contributed by atoms with Crippen molar-refractivity contribution in [1.82, 2.24) is 9.80 Å². The predicted octanol–water partition coefficient (Wildman–Crippen LogP) is 1.35. The Labute approximate surface area is 126 Å². The molecule has 1 heterocycles. The summed E-state index contributed by atoms with van der Waals surface area (Å²) in [6, 6.07) is 0.0668. The fraction of sp³-hybridized carbons (Fsp3) is 0.800. The average Bonchev–Trinajstić information content (AvgIpc) is 2.42. The van der Waals surface area contributed by atoms with Crippen molar-refractivity contribution in [1.29, 1.82) is 0 Å². The molecule has 1 rings (SSSR count). The molecular formula is C15H26N2O4. The summed E-state index contributed by atoms with van der Waals surface area (Å²) < 4.78 is 0. The third kappa shape index (κ3) is 5.36. The highest BCUT2D eigenvalue weighted by atomic mass is 16.4. The smallest absolute Gasteiger partial charge is 0.303 e. The van der Waals surface area contributed by atoms with Crippen molar-refractivity contribution < 1.29 is 19.5 Å². The fourth-order valence-corrected chi connectivity index (χ4v) is 2.70. The van der Waals surface area contributed by atoms with Gasteiger partial charge in [-0.1, -0.05) is 0 Å². The summed E-state index contributed by atoms with van der Waals surface area (Å²) in [4.78, 5) is 38.0. The van der Waals surface area contributed by atoms with E-state index in [4.69, 9.17) is 5.11 Å². The molecule has 1 aliphatic rings. The molecule has 6 nitrogen and oxygen atoms in total. The molecule has 0 atom stereocenters. The number of nitrogens with zero attached hydrogens (tertiary/aromatic N) is 2. The maximum Gasteiger partial charge on any atom is 0.303 e. The molecule has 21 heavy (non-hydrogen) atoms. The lowest BCUT2D eigenvalue weighted by molar-refractivity contribution is -0.142. The zero-order valence-corrected chi connectivity index (χ0v) is 13.2. The summed E-state index contributed by atoms with van der Waals surface area (Å²) in [5, 5.41) is 8.69. The van der Waals surface area contributed by atoms with Crippen LogP contribution in [0.15, 0.2) is 0 Å². The number of hydrogen-bond donors (Lipinski definition) is 1. The molecule has 6 heteroatoms. The van der Waals surface area contributed by atoms with Gasteiger partial charge in [-0.2, -0.15) is 0 Å². The van der Waals surface area contributed by atoms with Gasteiger partial charge >= 0.3 is 5.97 Å². The van der Waals surface area contributed by atoms with Crippen molar-refractivity contribution in [3.63, 3.8) is 0 Å². The Bertz CT molecular complexity index is 387. The van der Waals surface area contributed by atoms with Gasteiger partial charge in [0.25, 0.3) is 0 Å². The monoisotopic (exact) mass is 298 g/mol. The number of aliphatic carboxylic acids is 1. The third-order valence-corrected chi connectivity index (χ3v) is 3.99. The molecule has 0 aromatic rings. The van der Waals surface area contributed by atoms with Crippen LogP contribution >= 0.6 is 0 Å². The van der Waals surface area contributed by atoms with Crippen LogP contribution < -0.4 is 0 Å². The minimum atomic E-state index is -0.832. The van der Waals surface area contributed by atoms with Gasteiger partial charge in [0.2, 0.25) is 11.8 Å². The van der Waals surface area contributed by atoms with E-state index < -0.39 is 5.97 Å². The second kappa shape index (κ2) is 8.00. The van der Waals surface area contributed by atoms with Crippen LogP contribution in [0.2, 0.25) is 0 Å². The van der Waals surface area contributed by atoms with E-state index in [9.17, 15) is 14.4 Å². The first-order valence-electron chi connectivity index (χ1n) is 7.60. The number of hydrogen-bond acceptors (Lipinski definition) is 3. The SMILES string of the molecule is CC(=O)N1CCC(C(=O)N(CCCC(=O)O)C(C)C)CC1. The van der Waals surface area contributed by atoms with E-state index >= 15 is 0 Å².